The lowest BCUT2D eigenvalue weighted by atomic mass is 10.1. The van der Waals surface area contributed by atoms with Gasteiger partial charge in [-0.15, -0.1) is 0 Å². The molecule has 1 atom stereocenters. The molecule has 1 N–H and O–H groups in total. The fraction of sp³-hybridized carbons (Fsp3) is 0.394. The molecule has 0 aromatic heterocycles. The summed E-state index contributed by atoms with van der Waals surface area (Å²) in [5.74, 6) is -0.768. The van der Waals surface area contributed by atoms with Gasteiger partial charge in [0.15, 0.2) is 0 Å². The van der Waals surface area contributed by atoms with Crippen LogP contribution in [0.2, 0.25) is 10.0 Å². The summed E-state index contributed by atoms with van der Waals surface area (Å²) in [7, 11) is -4.15. The molecule has 0 radical (unpaired) electrons. The van der Waals surface area contributed by atoms with E-state index in [0.29, 0.717) is 34.1 Å². The van der Waals surface area contributed by atoms with Crippen LogP contribution in [0, 0.1) is 6.92 Å². The topological polar surface area (TPSA) is 86.8 Å². The average molecular weight is 645 g/mol. The van der Waals surface area contributed by atoms with Crippen molar-refractivity contribution in [3.05, 3.63) is 93.5 Å². The SMILES string of the molecule is CCc1ccccc1N(CC(=O)N(Cc1ccc(Cl)cc1Cl)C(CC)C(=O)NC1CCCC1)S(=O)(=O)c1ccc(C)cc1. The molecule has 43 heavy (non-hydrogen) atoms. The first-order chi connectivity index (χ1) is 20.5. The predicted molar refractivity (Wildman–Crippen MR) is 173 cm³/mol. The van der Waals surface area contributed by atoms with Gasteiger partial charge in [-0.05, 0) is 74.1 Å². The normalized spacial score (nSPS) is 14.3. The summed E-state index contributed by atoms with van der Waals surface area (Å²) in [6, 6.07) is 17.9. The van der Waals surface area contributed by atoms with Gasteiger partial charge < -0.3 is 10.2 Å². The molecule has 230 valence electrons. The molecule has 0 aliphatic heterocycles. The zero-order valence-corrected chi connectivity index (χ0v) is 27.2. The van der Waals surface area contributed by atoms with Crippen LogP contribution in [0.15, 0.2) is 71.6 Å². The van der Waals surface area contributed by atoms with Crippen molar-refractivity contribution in [3.63, 3.8) is 0 Å². The zero-order valence-electron chi connectivity index (χ0n) is 24.9. The standard InChI is InChI=1S/C33H39Cl2N3O4S/c1-4-24-10-6-9-13-31(24)38(43(41,42)28-18-14-23(3)15-19-28)22-32(39)37(21-25-16-17-26(34)20-29(25)35)30(5-2)33(40)36-27-11-7-8-12-27/h6,9-10,13-20,27,30H,4-5,7-8,11-12,21-22H2,1-3H3,(H,36,40). The van der Waals surface area contributed by atoms with Gasteiger partial charge in [0.2, 0.25) is 11.8 Å². The van der Waals surface area contributed by atoms with Crippen molar-refractivity contribution in [2.45, 2.75) is 82.8 Å². The van der Waals surface area contributed by atoms with Crippen LogP contribution in [0.25, 0.3) is 0 Å². The van der Waals surface area contributed by atoms with Gasteiger partial charge in [-0.25, -0.2) is 8.42 Å². The van der Waals surface area contributed by atoms with Gasteiger partial charge in [0.25, 0.3) is 10.0 Å². The lowest BCUT2D eigenvalue weighted by molar-refractivity contribution is -0.140. The first-order valence-electron chi connectivity index (χ1n) is 14.8. The molecule has 0 saturated heterocycles. The summed E-state index contributed by atoms with van der Waals surface area (Å²) in [4.78, 5) is 29.5. The Balaban J connectivity index is 1.76. The largest absolute Gasteiger partial charge is 0.352 e. The number of hydrogen-bond acceptors (Lipinski definition) is 4. The summed E-state index contributed by atoms with van der Waals surface area (Å²) in [6.07, 6.45) is 4.80. The molecule has 0 bridgehead atoms. The third-order valence-corrected chi connectivity index (χ3v) is 10.3. The Bertz CT molecular complexity index is 1540. The van der Waals surface area contributed by atoms with Gasteiger partial charge in [0.1, 0.15) is 12.6 Å². The van der Waals surface area contributed by atoms with E-state index in [1.54, 1.807) is 54.6 Å². The quantitative estimate of drug-likeness (QED) is 0.232. The van der Waals surface area contributed by atoms with Crippen molar-refractivity contribution >= 4 is 50.7 Å². The van der Waals surface area contributed by atoms with Gasteiger partial charge >= 0.3 is 0 Å². The number of para-hydroxylation sites is 1. The summed E-state index contributed by atoms with van der Waals surface area (Å²) in [5.41, 5.74) is 2.73. The van der Waals surface area contributed by atoms with Gasteiger partial charge in [0.05, 0.1) is 10.6 Å². The Morgan fingerprint density at radius 1 is 0.953 bits per heavy atom. The van der Waals surface area contributed by atoms with E-state index in [-0.39, 0.29) is 23.4 Å². The first kappa shape index (κ1) is 32.8. The number of aryl methyl sites for hydroxylation is 2. The fourth-order valence-corrected chi connectivity index (χ4v) is 7.44. The number of rotatable bonds is 12. The van der Waals surface area contributed by atoms with Crippen molar-refractivity contribution in [1.82, 2.24) is 10.2 Å². The van der Waals surface area contributed by atoms with Crippen molar-refractivity contribution in [3.8, 4) is 0 Å². The fourth-order valence-electron chi connectivity index (χ4n) is 5.52. The molecule has 1 saturated carbocycles. The van der Waals surface area contributed by atoms with E-state index in [1.807, 2.05) is 32.9 Å². The Labute approximate surface area is 265 Å². The zero-order chi connectivity index (χ0) is 31.1. The number of nitrogens with zero attached hydrogens (tertiary/aromatic N) is 2. The number of amides is 2. The second-order valence-corrected chi connectivity index (χ2v) is 13.7. The van der Waals surface area contributed by atoms with Crippen LogP contribution in [0.1, 0.15) is 62.6 Å². The van der Waals surface area contributed by atoms with Crippen LogP contribution in [0.5, 0.6) is 0 Å². The molecule has 1 unspecified atom stereocenters. The molecule has 3 aromatic carbocycles. The second kappa shape index (κ2) is 14.6. The number of carbonyl (C=O) groups is 2. The van der Waals surface area contributed by atoms with Gasteiger partial charge in [-0.2, -0.15) is 0 Å². The number of hydrogen-bond donors (Lipinski definition) is 1. The minimum Gasteiger partial charge on any atom is -0.352 e. The monoisotopic (exact) mass is 643 g/mol. The number of halogens is 2. The van der Waals surface area contributed by atoms with Crippen molar-refractivity contribution < 1.29 is 18.0 Å². The van der Waals surface area contributed by atoms with Gasteiger partial charge in [-0.3, -0.25) is 13.9 Å². The molecule has 0 heterocycles. The molecule has 2 amide bonds. The van der Waals surface area contributed by atoms with Gasteiger partial charge in [-0.1, -0.05) is 91.9 Å². The maximum absolute atomic E-state index is 14.4. The molecule has 1 aliphatic rings. The third kappa shape index (κ3) is 7.91. The molecular formula is C33H39Cl2N3O4S. The second-order valence-electron chi connectivity index (χ2n) is 11.0. The highest BCUT2D eigenvalue weighted by Gasteiger charge is 2.35. The minimum absolute atomic E-state index is 0.0132. The number of benzene rings is 3. The van der Waals surface area contributed by atoms with Crippen LogP contribution < -0.4 is 9.62 Å². The van der Waals surface area contributed by atoms with E-state index in [9.17, 15) is 18.0 Å². The predicted octanol–water partition coefficient (Wildman–Crippen LogP) is 6.93. The van der Waals surface area contributed by atoms with Crippen molar-refractivity contribution in [1.29, 1.82) is 0 Å². The maximum atomic E-state index is 14.4. The minimum atomic E-state index is -4.15. The Morgan fingerprint density at radius 2 is 1.63 bits per heavy atom. The number of sulfonamides is 1. The first-order valence-corrected chi connectivity index (χ1v) is 17.0. The summed E-state index contributed by atoms with van der Waals surface area (Å²) in [6.45, 7) is 5.18. The van der Waals surface area contributed by atoms with E-state index in [2.05, 4.69) is 5.32 Å². The summed E-state index contributed by atoms with van der Waals surface area (Å²) >= 11 is 12.7. The van der Waals surface area contributed by atoms with Crippen LogP contribution >= 0.6 is 23.2 Å². The highest BCUT2D eigenvalue weighted by atomic mass is 35.5. The molecule has 1 aliphatic carbocycles. The lowest BCUT2D eigenvalue weighted by Gasteiger charge is -2.34. The molecule has 7 nitrogen and oxygen atoms in total. The smallest absolute Gasteiger partial charge is 0.264 e. The molecule has 1 fully saturated rings. The van der Waals surface area contributed by atoms with Crippen LogP contribution in [-0.4, -0.2) is 43.8 Å². The highest BCUT2D eigenvalue weighted by Crippen LogP contribution is 2.30. The molecular weight excluding hydrogens is 605 g/mol. The molecule has 0 spiro atoms. The number of nitrogens with one attached hydrogen (secondary N) is 1. The number of carbonyl (C=O) groups excluding carboxylic acids is 2. The van der Waals surface area contributed by atoms with Crippen LogP contribution in [0.4, 0.5) is 5.69 Å². The Morgan fingerprint density at radius 3 is 2.26 bits per heavy atom. The molecule has 4 rings (SSSR count). The van der Waals surface area contributed by atoms with Crippen molar-refractivity contribution in [2.75, 3.05) is 10.8 Å². The van der Waals surface area contributed by atoms with Gasteiger partial charge in [0, 0.05) is 22.6 Å². The maximum Gasteiger partial charge on any atom is 0.264 e. The van der Waals surface area contributed by atoms with E-state index >= 15 is 0 Å². The van der Waals surface area contributed by atoms with Crippen LogP contribution in [0.3, 0.4) is 0 Å². The Kier molecular flexibility index (Phi) is 11.2. The summed E-state index contributed by atoms with van der Waals surface area (Å²) < 4.78 is 29.5. The van der Waals surface area contributed by atoms with E-state index < -0.39 is 28.5 Å². The van der Waals surface area contributed by atoms with E-state index in [4.69, 9.17) is 23.2 Å². The highest BCUT2D eigenvalue weighted by molar-refractivity contribution is 7.92. The van der Waals surface area contributed by atoms with E-state index in [0.717, 1.165) is 41.1 Å². The molecule has 10 heteroatoms. The van der Waals surface area contributed by atoms with Crippen molar-refractivity contribution in [2.24, 2.45) is 0 Å². The van der Waals surface area contributed by atoms with Crippen LogP contribution in [-0.2, 0) is 32.6 Å². The average Bonchev–Trinajstić information content (AvgIpc) is 3.50. The summed E-state index contributed by atoms with van der Waals surface area (Å²) in [5, 5.41) is 3.93. The number of anilines is 1. The lowest BCUT2D eigenvalue weighted by Crippen LogP contribution is -2.53. The molecule has 3 aromatic rings. The Hall–Kier alpha value is -3.07. The van der Waals surface area contributed by atoms with E-state index in [1.165, 1.54) is 4.90 Å². The third-order valence-electron chi connectivity index (χ3n) is 7.97.